The molecule has 4 aliphatic rings. The summed E-state index contributed by atoms with van der Waals surface area (Å²) in [6, 6.07) is 0. The summed E-state index contributed by atoms with van der Waals surface area (Å²) in [7, 11) is 0. The highest BCUT2D eigenvalue weighted by atomic mass is 16.7. The molecular weight excluding hydrogens is 480 g/mol. The maximum atomic E-state index is 13.0. The van der Waals surface area contributed by atoms with Crippen molar-refractivity contribution in [2.45, 2.75) is 114 Å². The lowest BCUT2D eigenvalue weighted by atomic mass is 9.72. The number of allylic oxidation sites excluding steroid dienone is 1. The number of carbonyl (C=O) groups excluding carboxylic acids is 1. The van der Waals surface area contributed by atoms with Crippen molar-refractivity contribution in [3.8, 4) is 0 Å². The number of aliphatic hydroxyl groups excluding tert-OH is 4. The number of unbranched alkanes of at least 4 members (excludes halogenated alkanes) is 5. The first-order chi connectivity index (χ1) is 17.7. The van der Waals surface area contributed by atoms with Crippen LogP contribution in [0.4, 0.5) is 0 Å². The minimum atomic E-state index is -1.96. The Hall–Kier alpha value is -1.43. The van der Waals surface area contributed by atoms with Crippen molar-refractivity contribution in [3.05, 3.63) is 35.5 Å². The molecule has 5 N–H and O–H groups in total. The Kier molecular flexibility index (Phi) is 9.40. The minimum Gasteiger partial charge on any atom is -0.394 e. The highest BCUT2D eigenvalue weighted by Crippen LogP contribution is 2.50. The first-order valence-corrected chi connectivity index (χ1v) is 13.7. The summed E-state index contributed by atoms with van der Waals surface area (Å²) in [5.41, 5.74) is 1.77. The zero-order valence-corrected chi connectivity index (χ0v) is 21.7. The van der Waals surface area contributed by atoms with E-state index in [-0.39, 0.29) is 5.92 Å². The van der Waals surface area contributed by atoms with E-state index in [1.807, 2.05) is 19.1 Å². The molecule has 0 aromatic carbocycles. The van der Waals surface area contributed by atoms with Gasteiger partial charge in [0.05, 0.1) is 12.7 Å². The molecule has 1 saturated carbocycles. The summed E-state index contributed by atoms with van der Waals surface area (Å²) in [5, 5.41) is 51.2. The number of ketones is 1. The molecule has 0 radical (unpaired) electrons. The van der Waals surface area contributed by atoms with Crippen molar-refractivity contribution < 1.29 is 44.5 Å². The van der Waals surface area contributed by atoms with Gasteiger partial charge in [-0.25, -0.2) is 0 Å². The van der Waals surface area contributed by atoms with E-state index >= 15 is 0 Å². The maximum Gasteiger partial charge on any atom is 0.238 e. The van der Waals surface area contributed by atoms with Gasteiger partial charge in [-0.1, -0.05) is 56.4 Å². The van der Waals surface area contributed by atoms with Gasteiger partial charge in [0.15, 0.2) is 6.29 Å². The molecule has 0 aromatic heterocycles. The lowest BCUT2D eigenvalue weighted by Crippen LogP contribution is -2.59. The molecule has 0 bridgehead atoms. The lowest BCUT2D eigenvalue weighted by molar-refractivity contribution is -0.311. The first kappa shape index (κ1) is 28.6. The zero-order valence-electron chi connectivity index (χ0n) is 21.7. The zero-order chi connectivity index (χ0) is 26.7. The number of aliphatic hydroxyl groups is 5. The van der Waals surface area contributed by atoms with Crippen LogP contribution in [0.25, 0.3) is 0 Å². The maximum absolute atomic E-state index is 13.0. The molecule has 2 aliphatic heterocycles. The van der Waals surface area contributed by atoms with Crippen molar-refractivity contribution in [1.29, 1.82) is 0 Å². The lowest BCUT2D eigenvalue weighted by Gasteiger charge is -2.44. The van der Waals surface area contributed by atoms with Crippen LogP contribution in [0.2, 0.25) is 0 Å². The summed E-state index contributed by atoms with van der Waals surface area (Å²) in [6.07, 6.45) is 7.41. The fourth-order valence-electron chi connectivity index (χ4n) is 5.96. The summed E-state index contributed by atoms with van der Waals surface area (Å²) in [5.74, 6) is -3.21. The third kappa shape index (κ3) is 5.94. The number of carbonyl (C=O) groups is 1. The Balaban J connectivity index is 1.41. The molecule has 2 fully saturated rings. The SMILES string of the molecule is CCCCCCC/C=C/[C@H]1O[C@]2(O)C(=O)C=C3C[C@@H](O[C@@H]4O[C@H](CO)[C@@H](O)C(O)[C@@H]4O)C[C@@H]3[C@H]2C=C1C. The molecule has 2 heterocycles. The monoisotopic (exact) mass is 522 g/mol. The molecule has 4 rings (SSSR count). The summed E-state index contributed by atoms with van der Waals surface area (Å²) in [6.45, 7) is 3.59. The predicted octanol–water partition coefficient (Wildman–Crippen LogP) is 1.66. The van der Waals surface area contributed by atoms with E-state index in [0.717, 1.165) is 24.0 Å². The van der Waals surface area contributed by atoms with E-state index in [9.17, 15) is 30.3 Å². The van der Waals surface area contributed by atoms with Crippen LogP contribution >= 0.6 is 0 Å². The van der Waals surface area contributed by atoms with Crippen LogP contribution in [0, 0.1) is 11.8 Å². The van der Waals surface area contributed by atoms with Crippen LogP contribution < -0.4 is 0 Å². The van der Waals surface area contributed by atoms with Crippen molar-refractivity contribution in [3.63, 3.8) is 0 Å². The van der Waals surface area contributed by atoms with Crippen LogP contribution in [0.3, 0.4) is 0 Å². The van der Waals surface area contributed by atoms with Gasteiger partial charge in [-0.3, -0.25) is 4.79 Å². The number of hydrogen-bond acceptors (Lipinski definition) is 9. The second-order valence-electron chi connectivity index (χ2n) is 10.9. The number of fused-ring (bicyclic) bond motifs is 3. The molecule has 0 spiro atoms. The fourth-order valence-corrected chi connectivity index (χ4v) is 5.96. The van der Waals surface area contributed by atoms with Crippen molar-refractivity contribution >= 4 is 5.78 Å². The van der Waals surface area contributed by atoms with Crippen LogP contribution in [0.5, 0.6) is 0 Å². The summed E-state index contributed by atoms with van der Waals surface area (Å²) in [4.78, 5) is 13.0. The summed E-state index contributed by atoms with van der Waals surface area (Å²) >= 11 is 0. The first-order valence-electron chi connectivity index (χ1n) is 13.7. The molecule has 37 heavy (non-hydrogen) atoms. The van der Waals surface area contributed by atoms with Gasteiger partial charge in [-0.2, -0.15) is 0 Å². The molecule has 9 heteroatoms. The smallest absolute Gasteiger partial charge is 0.238 e. The van der Waals surface area contributed by atoms with Crippen molar-refractivity contribution in [2.24, 2.45) is 11.8 Å². The van der Waals surface area contributed by atoms with E-state index in [1.54, 1.807) is 0 Å². The number of ether oxygens (including phenoxy) is 3. The van der Waals surface area contributed by atoms with E-state index in [4.69, 9.17) is 14.2 Å². The predicted molar refractivity (Wildman–Crippen MR) is 134 cm³/mol. The molecule has 0 amide bonds. The molecule has 9 nitrogen and oxygen atoms in total. The molecule has 1 unspecified atom stereocenters. The molecule has 0 aromatic rings. The topological polar surface area (TPSA) is 146 Å². The average Bonchev–Trinajstić information content (AvgIpc) is 3.27. The van der Waals surface area contributed by atoms with Gasteiger partial charge in [0.25, 0.3) is 0 Å². The van der Waals surface area contributed by atoms with E-state index in [2.05, 4.69) is 13.0 Å². The highest BCUT2D eigenvalue weighted by molar-refractivity contribution is 5.98. The van der Waals surface area contributed by atoms with Crippen LogP contribution in [-0.4, -0.2) is 86.6 Å². The average molecular weight is 523 g/mol. The van der Waals surface area contributed by atoms with Gasteiger partial charge >= 0.3 is 0 Å². The molecule has 1 saturated heterocycles. The van der Waals surface area contributed by atoms with Crippen LogP contribution in [0.15, 0.2) is 35.5 Å². The molecule has 10 atom stereocenters. The Morgan fingerprint density at radius 3 is 2.62 bits per heavy atom. The van der Waals surface area contributed by atoms with Gasteiger partial charge in [0.2, 0.25) is 11.6 Å². The molecular formula is C28H42O9. The Labute approximate surface area is 218 Å². The van der Waals surface area contributed by atoms with Crippen LogP contribution in [-0.2, 0) is 19.0 Å². The third-order valence-electron chi connectivity index (χ3n) is 8.17. The third-order valence-corrected chi connectivity index (χ3v) is 8.17. The summed E-state index contributed by atoms with van der Waals surface area (Å²) < 4.78 is 17.5. The van der Waals surface area contributed by atoms with Gasteiger partial charge in [-0.15, -0.1) is 0 Å². The number of rotatable bonds is 10. The van der Waals surface area contributed by atoms with Crippen molar-refractivity contribution in [2.75, 3.05) is 6.61 Å². The largest absolute Gasteiger partial charge is 0.394 e. The molecule has 2 aliphatic carbocycles. The van der Waals surface area contributed by atoms with E-state index in [1.165, 1.54) is 31.8 Å². The van der Waals surface area contributed by atoms with E-state index in [0.29, 0.717) is 12.8 Å². The van der Waals surface area contributed by atoms with Crippen molar-refractivity contribution in [1.82, 2.24) is 0 Å². The van der Waals surface area contributed by atoms with Gasteiger partial charge in [0.1, 0.15) is 30.5 Å². The highest BCUT2D eigenvalue weighted by Gasteiger charge is 2.56. The van der Waals surface area contributed by atoms with Crippen LogP contribution in [0.1, 0.15) is 65.2 Å². The van der Waals surface area contributed by atoms with Gasteiger partial charge < -0.3 is 39.7 Å². The second-order valence-corrected chi connectivity index (χ2v) is 10.9. The Bertz CT molecular complexity index is 896. The normalized spacial score (nSPS) is 41.9. The molecule has 208 valence electrons. The van der Waals surface area contributed by atoms with Gasteiger partial charge in [-0.05, 0) is 50.2 Å². The minimum absolute atomic E-state index is 0.198. The second kappa shape index (κ2) is 12.2. The van der Waals surface area contributed by atoms with Gasteiger partial charge in [0, 0.05) is 5.92 Å². The Morgan fingerprint density at radius 1 is 1.14 bits per heavy atom. The van der Waals surface area contributed by atoms with E-state index < -0.39 is 67.0 Å². The number of hydrogen-bond donors (Lipinski definition) is 5. The Morgan fingerprint density at radius 2 is 1.89 bits per heavy atom. The quantitative estimate of drug-likeness (QED) is 0.214. The standard InChI is InChI=1S/C28H42O9/c1-3-4-5-6-7-8-9-10-21-16(2)11-20-19-14-18(12-17(19)13-23(30)28(20,34)37-21)35-27-26(33)25(32)24(31)22(15-29)36-27/h9-11,13,18-22,24-27,29,31-34H,3-8,12,14-15H2,1-2H3/b10-9+/t18-,19+,20-,21-,22-,24-,25?,26+,27-,28+/m1/s1. The fraction of sp³-hybridized carbons (Fsp3) is 0.750.